The van der Waals surface area contributed by atoms with Gasteiger partial charge in [0, 0.05) is 28.4 Å². The Morgan fingerprint density at radius 2 is 2.46 bits per heavy atom. The number of ether oxygens (including phenoxy) is 1. The Morgan fingerprint density at radius 1 is 1.69 bits per heavy atom. The van der Waals surface area contributed by atoms with Gasteiger partial charge in [-0.15, -0.1) is 0 Å². The van der Waals surface area contributed by atoms with Gasteiger partial charge >= 0.3 is 0 Å². The first-order valence-corrected chi connectivity index (χ1v) is 3.78. The maximum absolute atomic E-state index is 8.14. The molecule has 68 valence electrons. The van der Waals surface area contributed by atoms with Crippen molar-refractivity contribution in [1.29, 1.82) is 0 Å². The first-order valence-electron chi connectivity index (χ1n) is 3.78. The monoisotopic (exact) mass is 178 g/mol. The van der Waals surface area contributed by atoms with Crippen molar-refractivity contribution in [3.63, 3.8) is 0 Å². The first kappa shape index (κ1) is 9.35. The van der Waals surface area contributed by atoms with Crippen LogP contribution >= 0.6 is 0 Å². The van der Waals surface area contributed by atoms with Crippen LogP contribution in [0.3, 0.4) is 0 Å². The number of pyridine rings is 1. The fourth-order valence-electron chi connectivity index (χ4n) is 0.980. The van der Waals surface area contributed by atoms with Gasteiger partial charge in [0.2, 0.25) is 0 Å². The zero-order chi connectivity index (χ0) is 9.68. The molecule has 0 N–H and O–H groups in total. The van der Waals surface area contributed by atoms with E-state index in [9.17, 15) is 0 Å². The third-order valence-corrected chi connectivity index (χ3v) is 1.60. The normalized spacial score (nSPS) is 9.08. The molecule has 5 nitrogen and oxygen atoms in total. The third-order valence-electron chi connectivity index (χ3n) is 1.60. The number of hydrogen-bond acceptors (Lipinski definition) is 3. The summed E-state index contributed by atoms with van der Waals surface area (Å²) in [7, 11) is 1.58. The SMILES string of the molecule is COc1cc(C)ncc1CN=[N+]=[N-]. The van der Waals surface area contributed by atoms with Gasteiger partial charge in [-0.1, -0.05) is 5.11 Å². The van der Waals surface area contributed by atoms with Gasteiger partial charge in [0.1, 0.15) is 5.75 Å². The van der Waals surface area contributed by atoms with Crippen LogP contribution in [0.5, 0.6) is 5.75 Å². The topological polar surface area (TPSA) is 70.9 Å². The molecule has 0 unspecified atom stereocenters. The van der Waals surface area contributed by atoms with Gasteiger partial charge in [0.05, 0.1) is 13.7 Å². The molecule has 0 atom stereocenters. The lowest BCUT2D eigenvalue weighted by Gasteiger charge is -2.05. The minimum Gasteiger partial charge on any atom is -0.496 e. The second-order valence-electron chi connectivity index (χ2n) is 2.53. The fourth-order valence-corrected chi connectivity index (χ4v) is 0.980. The highest BCUT2D eigenvalue weighted by Crippen LogP contribution is 2.18. The number of azide groups is 1. The lowest BCUT2D eigenvalue weighted by atomic mass is 10.2. The molecular weight excluding hydrogens is 168 g/mol. The zero-order valence-corrected chi connectivity index (χ0v) is 7.56. The molecule has 13 heavy (non-hydrogen) atoms. The second kappa shape index (κ2) is 4.33. The number of rotatable bonds is 3. The van der Waals surface area contributed by atoms with Gasteiger partial charge in [-0.05, 0) is 12.5 Å². The van der Waals surface area contributed by atoms with Crippen molar-refractivity contribution in [2.75, 3.05) is 7.11 Å². The average Bonchev–Trinajstić information content (AvgIpc) is 2.16. The summed E-state index contributed by atoms with van der Waals surface area (Å²) in [6.45, 7) is 2.15. The van der Waals surface area contributed by atoms with Crippen molar-refractivity contribution in [2.45, 2.75) is 13.5 Å². The first-order chi connectivity index (χ1) is 6.27. The molecule has 0 saturated heterocycles. The summed E-state index contributed by atoms with van der Waals surface area (Å²) in [6, 6.07) is 1.81. The molecule has 0 fully saturated rings. The van der Waals surface area contributed by atoms with Crippen molar-refractivity contribution < 1.29 is 4.74 Å². The van der Waals surface area contributed by atoms with Gasteiger partial charge in [0.25, 0.3) is 0 Å². The number of methoxy groups -OCH3 is 1. The van der Waals surface area contributed by atoms with Gasteiger partial charge in [-0.25, -0.2) is 0 Å². The van der Waals surface area contributed by atoms with E-state index in [1.807, 2.05) is 13.0 Å². The highest BCUT2D eigenvalue weighted by molar-refractivity contribution is 5.32. The highest BCUT2D eigenvalue weighted by atomic mass is 16.5. The molecule has 0 aliphatic carbocycles. The second-order valence-corrected chi connectivity index (χ2v) is 2.53. The van der Waals surface area contributed by atoms with Gasteiger partial charge in [-0.3, -0.25) is 4.98 Å². The number of hydrogen-bond donors (Lipinski definition) is 0. The Morgan fingerprint density at radius 3 is 3.08 bits per heavy atom. The van der Waals surface area contributed by atoms with Crippen molar-refractivity contribution in [1.82, 2.24) is 4.98 Å². The van der Waals surface area contributed by atoms with E-state index in [2.05, 4.69) is 15.0 Å². The van der Waals surface area contributed by atoms with E-state index in [0.717, 1.165) is 11.3 Å². The molecule has 0 amide bonds. The summed E-state index contributed by atoms with van der Waals surface area (Å²) in [5.41, 5.74) is 9.82. The van der Waals surface area contributed by atoms with Crippen LogP contribution in [0.4, 0.5) is 0 Å². The average molecular weight is 178 g/mol. The Bertz CT molecular complexity index is 344. The van der Waals surface area contributed by atoms with Crippen LogP contribution in [-0.2, 0) is 6.54 Å². The van der Waals surface area contributed by atoms with Crippen molar-refractivity contribution in [3.05, 3.63) is 34.0 Å². The number of aryl methyl sites for hydroxylation is 1. The summed E-state index contributed by atoms with van der Waals surface area (Å²) in [5, 5.41) is 3.44. The summed E-state index contributed by atoms with van der Waals surface area (Å²) in [4.78, 5) is 6.75. The molecular formula is C8H10N4O. The molecule has 0 radical (unpaired) electrons. The quantitative estimate of drug-likeness (QED) is 0.404. The molecule has 5 heteroatoms. The van der Waals surface area contributed by atoms with Crippen LogP contribution in [0.1, 0.15) is 11.3 Å². The summed E-state index contributed by atoms with van der Waals surface area (Å²) in [5.74, 6) is 0.708. The van der Waals surface area contributed by atoms with Crippen molar-refractivity contribution in [2.24, 2.45) is 5.11 Å². The summed E-state index contributed by atoms with van der Waals surface area (Å²) in [6.07, 6.45) is 1.66. The highest BCUT2D eigenvalue weighted by Gasteiger charge is 2.01. The Labute approximate surface area is 76.0 Å². The third kappa shape index (κ3) is 2.35. The van der Waals surface area contributed by atoms with E-state index in [4.69, 9.17) is 10.3 Å². The van der Waals surface area contributed by atoms with E-state index in [1.165, 1.54) is 0 Å². The van der Waals surface area contributed by atoms with Crippen LogP contribution < -0.4 is 4.74 Å². The van der Waals surface area contributed by atoms with Crippen LogP contribution in [0.2, 0.25) is 0 Å². The molecule has 1 aromatic rings. The van der Waals surface area contributed by atoms with Crippen LogP contribution in [-0.4, -0.2) is 12.1 Å². The van der Waals surface area contributed by atoms with E-state index in [1.54, 1.807) is 13.3 Å². The Kier molecular flexibility index (Phi) is 3.11. The molecule has 1 heterocycles. The maximum atomic E-state index is 8.14. The van der Waals surface area contributed by atoms with Crippen molar-refractivity contribution >= 4 is 0 Å². The maximum Gasteiger partial charge on any atom is 0.125 e. The standard InChI is InChI=1S/C8H10N4O/c1-6-3-8(13-2)7(4-10-6)5-11-12-9/h3-4H,5H2,1-2H3. The molecule has 1 rings (SSSR count). The van der Waals surface area contributed by atoms with Crippen LogP contribution in [0, 0.1) is 6.92 Å². The van der Waals surface area contributed by atoms with E-state index >= 15 is 0 Å². The zero-order valence-electron chi connectivity index (χ0n) is 7.56. The summed E-state index contributed by atoms with van der Waals surface area (Å²) >= 11 is 0. The number of nitrogens with zero attached hydrogens (tertiary/aromatic N) is 4. The van der Waals surface area contributed by atoms with Gasteiger partial charge in [-0.2, -0.15) is 0 Å². The lowest BCUT2D eigenvalue weighted by Crippen LogP contribution is -1.93. The summed E-state index contributed by atoms with van der Waals surface area (Å²) < 4.78 is 5.10. The largest absolute Gasteiger partial charge is 0.496 e. The molecule has 0 aliphatic rings. The van der Waals surface area contributed by atoms with E-state index in [0.29, 0.717) is 5.75 Å². The van der Waals surface area contributed by atoms with Crippen molar-refractivity contribution in [3.8, 4) is 5.75 Å². The smallest absolute Gasteiger partial charge is 0.125 e. The molecule has 0 spiro atoms. The van der Waals surface area contributed by atoms with Crippen LogP contribution in [0.25, 0.3) is 10.4 Å². The van der Waals surface area contributed by atoms with E-state index in [-0.39, 0.29) is 6.54 Å². The van der Waals surface area contributed by atoms with Crippen LogP contribution in [0.15, 0.2) is 17.4 Å². The molecule has 1 aromatic heterocycles. The number of aromatic nitrogens is 1. The lowest BCUT2D eigenvalue weighted by molar-refractivity contribution is 0.408. The Balaban J connectivity index is 2.98. The minimum atomic E-state index is 0.271. The van der Waals surface area contributed by atoms with Gasteiger partial charge < -0.3 is 4.74 Å². The predicted molar refractivity (Wildman–Crippen MR) is 48.4 cm³/mol. The Hall–Kier alpha value is -1.74. The minimum absolute atomic E-state index is 0.271. The van der Waals surface area contributed by atoms with Gasteiger partial charge in [0.15, 0.2) is 0 Å². The molecule has 0 saturated carbocycles. The molecule has 0 aliphatic heterocycles. The fraction of sp³-hybridized carbons (Fsp3) is 0.375. The predicted octanol–water partition coefficient (Wildman–Crippen LogP) is 2.21. The molecule has 0 bridgehead atoms. The molecule has 0 aromatic carbocycles. The van der Waals surface area contributed by atoms with E-state index < -0.39 is 0 Å².